The molecule has 0 unspecified atom stereocenters. The van der Waals surface area contributed by atoms with E-state index in [1.807, 2.05) is 30.3 Å². The molecule has 0 N–H and O–H groups in total. The molecule has 0 saturated heterocycles. The van der Waals surface area contributed by atoms with Crippen LogP contribution in [0.5, 0.6) is 0 Å². The fourth-order valence-corrected chi connectivity index (χ4v) is 0.478. The SMILES string of the molecule is [CH2-]c1ccccc1.[Cl-].[Mn+2]. The summed E-state index contributed by atoms with van der Waals surface area (Å²) in [5, 5.41) is 0. The maximum absolute atomic E-state index is 3.72. The molecule has 0 aliphatic carbocycles. The van der Waals surface area contributed by atoms with Crippen LogP contribution in [0.4, 0.5) is 0 Å². The molecule has 0 aliphatic heterocycles. The van der Waals surface area contributed by atoms with Crippen molar-refractivity contribution in [3.05, 3.63) is 42.8 Å². The average molecular weight is 182 g/mol. The Bertz CT molecular complexity index is 139. The fourth-order valence-electron chi connectivity index (χ4n) is 0.478. The van der Waals surface area contributed by atoms with E-state index in [9.17, 15) is 0 Å². The maximum Gasteiger partial charge on any atom is 2.00 e. The second-order valence-corrected chi connectivity index (χ2v) is 1.49. The first kappa shape index (κ1) is 11.7. The second-order valence-electron chi connectivity index (χ2n) is 1.49. The summed E-state index contributed by atoms with van der Waals surface area (Å²) < 4.78 is 0. The molecule has 1 aromatic carbocycles. The number of halogens is 1. The van der Waals surface area contributed by atoms with Gasteiger partial charge in [0.15, 0.2) is 0 Å². The summed E-state index contributed by atoms with van der Waals surface area (Å²) in [5.41, 5.74) is 1.07. The Kier molecular flexibility index (Phi) is 7.81. The third-order valence-electron chi connectivity index (χ3n) is 0.843. The summed E-state index contributed by atoms with van der Waals surface area (Å²) in [7, 11) is 0. The third-order valence-corrected chi connectivity index (χ3v) is 0.843. The van der Waals surface area contributed by atoms with Crippen molar-refractivity contribution in [2.75, 3.05) is 0 Å². The van der Waals surface area contributed by atoms with E-state index in [0.717, 1.165) is 5.56 Å². The van der Waals surface area contributed by atoms with Gasteiger partial charge < -0.3 is 12.4 Å². The van der Waals surface area contributed by atoms with Crippen molar-refractivity contribution in [3.8, 4) is 0 Å². The first-order valence-electron chi connectivity index (χ1n) is 2.26. The van der Waals surface area contributed by atoms with Crippen LogP contribution in [0.3, 0.4) is 0 Å². The summed E-state index contributed by atoms with van der Waals surface area (Å²) in [6.07, 6.45) is 0. The minimum absolute atomic E-state index is 0. The molecular weight excluding hydrogens is 174 g/mol. The summed E-state index contributed by atoms with van der Waals surface area (Å²) in [5.74, 6) is 0. The number of benzene rings is 1. The first-order chi connectivity index (χ1) is 3.39. The molecule has 1 rings (SSSR count). The Hall–Kier alpha value is -0.101. The molecule has 9 heavy (non-hydrogen) atoms. The van der Waals surface area contributed by atoms with Gasteiger partial charge in [-0.25, -0.2) is 0 Å². The van der Waals surface area contributed by atoms with Crippen LogP contribution in [0, 0.1) is 6.92 Å². The van der Waals surface area contributed by atoms with Gasteiger partial charge in [-0.3, -0.25) is 0 Å². The first-order valence-corrected chi connectivity index (χ1v) is 2.26. The maximum atomic E-state index is 3.72. The van der Waals surface area contributed by atoms with Crippen molar-refractivity contribution in [2.24, 2.45) is 0 Å². The molecule has 0 amide bonds. The topological polar surface area (TPSA) is 0 Å². The van der Waals surface area contributed by atoms with E-state index in [4.69, 9.17) is 0 Å². The monoisotopic (exact) mass is 181 g/mol. The van der Waals surface area contributed by atoms with Gasteiger partial charge in [0.05, 0.1) is 0 Å². The number of hydrogen-bond donors (Lipinski definition) is 0. The van der Waals surface area contributed by atoms with Gasteiger partial charge in [0, 0.05) is 0 Å². The second kappa shape index (κ2) is 6.03. The van der Waals surface area contributed by atoms with Crippen LogP contribution in [-0.4, -0.2) is 0 Å². The minimum atomic E-state index is 0. The number of hydrogen-bond acceptors (Lipinski definition) is 0. The van der Waals surface area contributed by atoms with Gasteiger partial charge in [0.2, 0.25) is 0 Å². The van der Waals surface area contributed by atoms with Crippen LogP contribution >= 0.6 is 0 Å². The van der Waals surface area contributed by atoms with E-state index in [-0.39, 0.29) is 29.5 Å². The predicted molar refractivity (Wildman–Crippen MR) is 30.9 cm³/mol. The Labute approximate surface area is 72.5 Å². The Morgan fingerprint density at radius 1 is 1.00 bits per heavy atom. The molecule has 0 atom stereocenters. The van der Waals surface area contributed by atoms with Crippen molar-refractivity contribution >= 4 is 0 Å². The zero-order chi connectivity index (χ0) is 5.11. The zero-order valence-electron chi connectivity index (χ0n) is 4.85. The van der Waals surface area contributed by atoms with E-state index < -0.39 is 0 Å². The summed E-state index contributed by atoms with van der Waals surface area (Å²) in [6.45, 7) is 3.72. The number of rotatable bonds is 0. The van der Waals surface area contributed by atoms with Crippen molar-refractivity contribution in [1.29, 1.82) is 0 Å². The molecule has 1 aromatic rings. The molecule has 0 spiro atoms. The van der Waals surface area contributed by atoms with Gasteiger partial charge in [-0.2, -0.15) is 24.6 Å². The minimum Gasteiger partial charge on any atom is -1.00 e. The summed E-state index contributed by atoms with van der Waals surface area (Å²) >= 11 is 0. The predicted octanol–water partition coefficient (Wildman–Crippen LogP) is -1.13. The summed E-state index contributed by atoms with van der Waals surface area (Å²) in [6, 6.07) is 9.87. The quantitative estimate of drug-likeness (QED) is 0.351. The molecule has 0 nitrogen and oxygen atoms in total. The molecule has 0 aliphatic rings. The van der Waals surface area contributed by atoms with Gasteiger partial charge in [-0.05, 0) is 0 Å². The molecule has 0 saturated carbocycles. The molecule has 0 fully saturated rings. The van der Waals surface area contributed by atoms with Crippen LogP contribution < -0.4 is 12.4 Å². The van der Waals surface area contributed by atoms with Crippen LogP contribution in [-0.2, 0) is 17.1 Å². The van der Waals surface area contributed by atoms with Crippen LogP contribution in [0.2, 0.25) is 0 Å². The van der Waals surface area contributed by atoms with E-state index in [1.54, 1.807) is 0 Å². The molecule has 0 bridgehead atoms. The molecule has 0 heterocycles. The molecule has 0 aromatic heterocycles. The van der Waals surface area contributed by atoms with Gasteiger partial charge in [0.25, 0.3) is 0 Å². The van der Waals surface area contributed by atoms with Gasteiger partial charge in [-0.15, -0.1) is 12.1 Å². The van der Waals surface area contributed by atoms with Gasteiger partial charge in [-0.1, -0.05) is 6.07 Å². The average Bonchev–Trinajstić information content (AvgIpc) is 1.69. The van der Waals surface area contributed by atoms with E-state index in [2.05, 4.69) is 6.92 Å². The largest absolute Gasteiger partial charge is 2.00 e. The van der Waals surface area contributed by atoms with Gasteiger partial charge in [0.1, 0.15) is 0 Å². The molecule has 1 radical (unpaired) electrons. The van der Waals surface area contributed by atoms with Crippen molar-refractivity contribution < 1.29 is 29.5 Å². The van der Waals surface area contributed by atoms with Gasteiger partial charge >= 0.3 is 17.1 Å². The van der Waals surface area contributed by atoms with Crippen molar-refractivity contribution in [2.45, 2.75) is 0 Å². The zero-order valence-corrected chi connectivity index (χ0v) is 6.79. The Balaban J connectivity index is 0. The van der Waals surface area contributed by atoms with Crippen LogP contribution in [0.25, 0.3) is 0 Å². The van der Waals surface area contributed by atoms with Crippen molar-refractivity contribution in [3.63, 3.8) is 0 Å². The normalized spacial score (nSPS) is 6.67. The van der Waals surface area contributed by atoms with Crippen molar-refractivity contribution in [1.82, 2.24) is 0 Å². The van der Waals surface area contributed by atoms with Crippen LogP contribution in [0.15, 0.2) is 30.3 Å². The fraction of sp³-hybridized carbons (Fsp3) is 0. The molecule has 49 valence electrons. The molecular formula is C7H7ClMn. The smallest absolute Gasteiger partial charge is 1.00 e. The van der Waals surface area contributed by atoms with E-state index >= 15 is 0 Å². The van der Waals surface area contributed by atoms with Crippen LogP contribution in [0.1, 0.15) is 5.56 Å². The Morgan fingerprint density at radius 3 is 1.67 bits per heavy atom. The molecule has 2 heteroatoms. The third kappa shape index (κ3) is 4.41. The Morgan fingerprint density at radius 2 is 1.44 bits per heavy atom. The standard InChI is InChI=1S/C7H7.ClH.Mn/c1-7-5-3-2-4-6-7;;/h2-6H,1H2;1H;/q-1;;+2/p-1. The van der Waals surface area contributed by atoms with E-state index in [1.165, 1.54) is 0 Å². The summed E-state index contributed by atoms with van der Waals surface area (Å²) in [4.78, 5) is 0. The van der Waals surface area contributed by atoms with E-state index in [0.29, 0.717) is 0 Å².